The predicted molar refractivity (Wildman–Crippen MR) is 84.8 cm³/mol. The molecule has 2 aromatic rings. The van der Waals surface area contributed by atoms with E-state index in [0.29, 0.717) is 13.1 Å². The minimum absolute atomic E-state index is 0.0287. The Bertz CT molecular complexity index is 732. The number of carbonyl (C=O) groups excluding carboxylic acids is 1. The van der Waals surface area contributed by atoms with E-state index in [1.165, 1.54) is 18.2 Å². The summed E-state index contributed by atoms with van der Waals surface area (Å²) in [6, 6.07) is 4.01. The average molecular weight is 333 g/mol. The van der Waals surface area contributed by atoms with Crippen molar-refractivity contribution in [1.29, 1.82) is 0 Å². The van der Waals surface area contributed by atoms with E-state index in [0.717, 1.165) is 17.8 Å². The Morgan fingerprint density at radius 3 is 3.00 bits per heavy atom. The summed E-state index contributed by atoms with van der Waals surface area (Å²) in [6.45, 7) is 1.08. The first kappa shape index (κ1) is 15.4. The van der Waals surface area contributed by atoms with Crippen molar-refractivity contribution < 1.29 is 14.8 Å². The van der Waals surface area contributed by atoms with Crippen LogP contribution in [-0.4, -0.2) is 38.9 Å². The number of nitrogens with zero attached hydrogens (tertiary/aromatic N) is 3. The number of phenolic OH excluding ortho intramolecular Hbond substituents is 1. The molecule has 120 valence electrons. The fourth-order valence-electron chi connectivity index (χ4n) is 2.82. The van der Waals surface area contributed by atoms with Gasteiger partial charge in [-0.3, -0.25) is 14.9 Å². The molecule has 0 aliphatic carbocycles. The monoisotopic (exact) mass is 333 g/mol. The summed E-state index contributed by atoms with van der Waals surface area (Å²) < 4.78 is 0. The maximum atomic E-state index is 12.6. The number of nitro benzene ring substituents is 1. The number of nitro groups is 1. The Labute approximate surface area is 136 Å². The van der Waals surface area contributed by atoms with Crippen LogP contribution in [-0.2, 0) is 0 Å². The largest absolute Gasteiger partial charge is 0.502 e. The van der Waals surface area contributed by atoms with Gasteiger partial charge in [0.05, 0.1) is 15.5 Å². The molecule has 1 amide bonds. The first-order chi connectivity index (χ1) is 11.1. The molecule has 1 atom stereocenters. The van der Waals surface area contributed by atoms with Gasteiger partial charge in [-0.2, -0.15) is 0 Å². The van der Waals surface area contributed by atoms with Crippen molar-refractivity contribution in [3.63, 3.8) is 0 Å². The summed E-state index contributed by atoms with van der Waals surface area (Å²) in [4.78, 5) is 28.8. The SMILES string of the molecule is O=C(c1cccc([N+](=O)[O-])c1O)N1CCC[C@@H](c2nccs2)C1. The Balaban J connectivity index is 1.83. The van der Waals surface area contributed by atoms with Crippen molar-refractivity contribution >= 4 is 22.9 Å². The summed E-state index contributed by atoms with van der Waals surface area (Å²) in [5.74, 6) is -0.778. The molecular weight excluding hydrogens is 318 g/mol. The summed E-state index contributed by atoms with van der Waals surface area (Å²) in [5.41, 5.74) is -0.483. The van der Waals surface area contributed by atoms with Gasteiger partial charge in [0.1, 0.15) is 0 Å². The number of amides is 1. The number of likely N-dealkylation sites (tertiary alicyclic amines) is 1. The molecule has 1 aromatic heterocycles. The number of aromatic hydroxyl groups is 1. The standard InChI is InChI=1S/C15H15N3O4S/c19-13-11(4-1-5-12(13)18(21)22)15(20)17-7-2-3-10(9-17)14-16-6-8-23-14/h1,4-6,8,10,19H,2-3,7,9H2/t10-/m1/s1. The zero-order valence-corrected chi connectivity index (χ0v) is 13.0. The summed E-state index contributed by atoms with van der Waals surface area (Å²) >= 11 is 1.56. The van der Waals surface area contributed by atoms with Gasteiger partial charge in [0.25, 0.3) is 5.91 Å². The lowest BCUT2D eigenvalue weighted by atomic mass is 9.98. The van der Waals surface area contributed by atoms with Gasteiger partial charge >= 0.3 is 5.69 Å². The molecule has 1 aliphatic heterocycles. The van der Waals surface area contributed by atoms with Crippen molar-refractivity contribution in [3.05, 3.63) is 50.5 Å². The molecule has 1 fully saturated rings. The van der Waals surface area contributed by atoms with Crippen LogP contribution in [0.1, 0.15) is 34.1 Å². The predicted octanol–water partition coefficient (Wildman–Crippen LogP) is 2.78. The smallest absolute Gasteiger partial charge is 0.311 e. The Morgan fingerprint density at radius 1 is 1.48 bits per heavy atom. The minimum Gasteiger partial charge on any atom is -0.502 e. The average Bonchev–Trinajstić information content (AvgIpc) is 3.09. The molecule has 0 saturated carbocycles. The fourth-order valence-corrected chi connectivity index (χ4v) is 3.59. The highest BCUT2D eigenvalue weighted by Crippen LogP contribution is 2.33. The molecule has 0 spiro atoms. The molecule has 0 bridgehead atoms. The third-order valence-corrected chi connectivity index (χ3v) is 4.89. The van der Waals surface area contributed by atoms with Crippen LogP contribution in [0.5, 0.6) is 5.75 Å². The van der Waals surface area contributed by atoms with Gasteiger partial charge in [0.15, 0.2) is 0 Å². The van der Waals surface area contributed by atoms with Crippen molar-refractivity contribution in [2.75, 3.05) is 13.1 Å². The zero-order valence-electron chi connectivity index (χ0n) is 12.2. The second-order valence-electron chi connectivity index (χ2n) is 5.39. The van der Waals surface area contributed by atoms with E-state index in [1.54, 1.807) is 22.4 Å². The van der Waals surface area contributed by atoms with Gasteiger partial charge in [0, 0.05) is 36.7 Å². The van der Waals surface area contributed by atoms with E-state index in [-0.39, 0.29) is 17.4 Å². The number of carbonyl (C=O) groups is 1. The zero-order chi connectivity index (χ0) is 16.4. The number of piperidine rings is 1. The maximum absolute atomic E-state index is 12.6. The number of phenols is 1. The molecule has 8 heteroatoms. The molecule has 3 rings (SSSR count). The molecular formula is C15H15N3O4S. The quantitative estimate of drug-likeness (QED) is 0.688. The normalized spacial score (nSPS) is 17.9. The van der Waals surface area contributed by atoms with E-state index in [2.05, 4.69) is 4.98 Å². The Morgan fingerprint density at radius 2 is 2.30 bits per heavy atom. The number of rotatable bonds is 3. The third kappa shape index (κ3) is 3.02. The number of aromatic nitrogens is 1. The summed E-state index contributed by atoms with van der Waals surface area (Å²) in [7, 11) is 0. The maximum Gasteiger partial charge on any atom is 0.311 e. The molecule has 7 nitrogen and oxygen atoms in total. The number of hydrogen-bond acceptors (Lipinski definition) is 6. The molecule has 1 N–H and O–H groups in total. The van der Waals surface area contributed by atoms with Crippen LogP contribution >= 0.6 is 11.3 Å². The number of thiazole rings is 1. The second-order valence-corrected chi connectivity index (χ2v) is 6.32. The van der Waals surface area contributed by atoms with Crippen LogP contribution in [0.4, 0.5) is 5.69 Å². The number of para-hydroxylation sites is 1. The molecule has 1 saturated heterocycles. The second kappa shape index (κ2) is 6.33. The van der Waals surface area contributed by atoms with Gasteiger partial charge in [-0.15, -0.1) is 11.3 Å². The highest BCUT2D eigenvalue weighted by molar-refractivity contribution is 7.09. The van der Waals surface area contributed by atoms with Gasteiger partial charge in [0.2, 0.25) is 5.75 Å². The molecule has 2 heterocycles. The van der Waals surface area contributed by atoms with Crippen LogP contribution in [0.25, 0.3) is 0 Å². The molecule has 1 aliphatic rings. The topological polar surface area (TPSA) is 96.6 Å². The number of benzene rings is 1. The first-order valence-electron chi connectivity index (χ1n) is 7.23. The van der Waals surface area contributed by atoms with Crippen molar-refractivity contribution in [3.8, 4) is 5.75 Å². The summed E-state index contributed by atoms with van der Waals surface area (Å²) in [6.07, 6.45) is 3.54. The highest BCUT2D eigenvalue weighted by atomic mass is 32.1. The minimum atomic E-state index is -0.694. The molecule has 0 unspecified atom stereocenters. The lowest BCUT2D eigenvalue weighted by Gasteiger charge is -2.32. The van der Waals surface area contributed by atoms with Crippen molar-refractivity contribution in [2.45, 2.75) is 18.8 Å². The Hall–Kier alpha value is -2.48. The van der Waals surface area contributed by atoms with E-state index in [9.17, 15) is 20.0 Å². The molecule has 1 aromatic carbocycles. The van der Waals surface area contributed by atoms with Crippen LogP contribution in [0.3, 0.4) is 0 Å². The van der Waals surface area contributed by atoms with Crippen LogP contribution in [0.15, 0.2) is 29.8 Å². The third-order valence-electron chi connectivity index (χ3n) is 3.95. The number of hydrogen-bond donors (Lipinski definition) is 1. The van der Waals surface area contributed by atoms with E-state index in [1.807, 2.05) is 5.38 Å². The van der Waals surface area contributed by atoms with E-state index >= 15 is 0 Å². The van der Waals surface area contributed by atoms with Gasteiger partial charge in [-0.25, -0.2) is 4.98 Å². The first-order valence-corrected chi connectivity index (χ1v) is 8.11. The van der Waals surface area contributed by atoms with Gasteiger partial charge < -0.3 is 10.0 Å². The van der Waals surface area contributed by atoms with Crippen LogP contribution in [0, 0.1) is 10.1 Å². The van der Waals surface area contributed by atoms with Crippen LogP contribution in [0.2, 0.25) is 0 Å². The Kier molecular flexibility index (Phi) is 4.24. The van der Waals surface area contributed by atoms with Crippen LogP contribution < -0.4 is 0 Å². The molecule has 0 radical (unpaired) electrons. The van der Waals surface area contributed by atoms with Crippen molar-refractivity contribution in [2.24, 2.45) is 0 Å². The van der Waals surface area contributed by atoms with Gasteiger partial charge in [-0.1, -0.05) is 6.07 Å². The highest BCUT2D eigenvalue weighted by Gasteiger charge is 2.29. The lowest BCUT2D eigenvalue weighted by Crippen LogP contribution is -2.39. The van der Waals surface area contributed by atoms with E-state index in [4.69, 9.17) is 0 Å². The van der Waals surface area contributed by atoms with E-state index < -0.39 is 16.4 Å². The lowest BCUT2D eigenvalue weighted by molar-refractivity contribution is -0.385. The molecule has 23 heavy (non-hydrogen) atoms. The van der Waals surface area contributed by atoms with Gasteiger partial charge in [-0.05, 0) is 18.9 Å². The van der Waals surface area contributed by atoms with Crippen molar-refractivity contribution in [1.82, 2.24) is 9.88 Å². The summed E-state index contributed by atoms with van der Waals surface area (Å²) in [5, 5.41) is 23.8. The fraction of sp³-hybridized carbons (Fsp3) is 0.333.